The summed E-state index contributed by atoms with van der Waals surface area (Å²) in [6, 6.07) is 16.3. The first kappa shape index (κ1) is 13.6. The fourth-order valence-electron chi connectivity index (χ4n) is 3.29. The number of para-hydroxylation sites is 1. The van der Waals surface area contributed by atoms with E-state index in [0.29, 0.717) is 5.69 Å². The minimum absolute atomic E-state index is 0.0226. The number of phenolic OH excluding ortho intramolecular Hbond substituents is 1. The Kier molecular flexibility index (Phi) is 2.98. The summed E-state index contributed by atoms with van der Waals surface area (Å²) in [6.07, 6.45) is 1.80. The summed E-state index contributed by atoms with van der Waals surface area (Å²) >= 11 is 0. The van der Waals surface area contributed by atoms with E-state index in [1.165, 1.54) is 0 Å². The van der Waals surface area contributed by atoms with Gasteiger partial charge >= 0.3 is 0 Å². The van der Waals surface area contributed by atoms with Crippen LogP contribution in [0.25, 0.3) is 11.1 Å². The van der Waals surface area contributed by atoms with Gasteiger partial charge in [0, 0.05) is 30.1 Å². The van der Waals surface area contributed by atoms with E-state index in [1.807, 2.05) is 42.3 Å². The lowest BCUT2D eigenvalue weighted by molar-refractivity contribution is 0.0956. The number of anilines is 1. The Balaban J connectivity index is 1.95. The molecule has 0 fully saturated rings. The third kappa shape index (κ3) is 2.03. The minimum Gasteiger partial charge on any atom is -0.508 e. The van der Waals surface area contributed by atoms with Gasteiger partial charge in [-0.3, -0.25) is 4.79 Å². The molecular weight excluding hydrogens is 288 g/mol. The highest BCUT2D eigenvalue weighted by atomic mass is 16.3. The molecular formula is C19H16N2O2. The van der Waals surface area contributed by atoms with Gasteiger partial charge in [-0.05, 0) is 29.8 Å². The van der Waals surface area contributed by atoms with Crippen LogP contribution in [-0.2, 0) is 0 Å². The molecule has 1 aromatic heterocycles. The molecule has 114 valence electrons. The number of Topliss-reactive ketones (excluding diaryl/α,β-unsaturated/α-hetero) is 1. The van der Waals surface area contributed by atoms with Gasteiger partial charge in [-0.1, -0.05) is 30.3 Å². The number of H-pyrrole nitrogens is 1. The first-order chi connectivity index (χ1) is 11.2. The zero-order valence-corrected chi connectivity index (χ0v) is 12.7. The number of benzene rings is 2. The van der Waals surface area contributed by atoms with Crippen LogP contribution in [0.3, 0.4) is 0 Å². The summed E-state index contributed by atoms with van der Waals surface area (Å²) in [5, 5.41) is 9.52. The molecule has 4 nitrogen and oxygen atoms in total. The molecule has 0 unspecified atom stereocenters. The van der Waals surface area contributed by atoms with Gasteiger partial charge in [-0.25, -0.2) is 0 Å². The van der Waals surface area contributed by atoms with Crippen molar-refractivity contribution in [3.63, 3.8) is 0 Å². The van der Waals surface area contributed by atoms with Crippen LogP contribution < -0.4 is 4.90 Å². The van der Waals surface area contributed by atoms with Gasteiger partial charge in [-0.15, -0.1) is 0 Å². The molecule has 2 N–H and O–H groups in total. The molecule has 4 heteroatoms. The summed E-state index contributed by atoms with van der Waals surface area (Å²) in [4.78, 5) is 18.2. The number of aromatic amines is 1. The van der Waals surface area contributed by atoms with Crippen LogP contribution in [0.15, 0.2) is 60.8 Å². The van der Waals surface area contributed by atoms with Crippen LogP contribution in [0.2, 0.25) is 0 Å². The van der Waals surface area contributed by atoms with E-state index in [4.69, 9.17) is 0 Å². The van der Waals surface area contributed by atoms with Crippen molar-refractivity contribution in [3.8, 4) is 16.9 Å². The molecule has 1 aliphatic heterocycles. The van der Waals surface area contributed by atoms with E-state index >= 15 is 0 Å². The van der Waals surface area contributed by atoms with Gasteiger partial charge in [0.05, 0.1) is 5.69 Å². The van der Waals surface area contributed by atoms with Gasteiger partial charge in [-0.2, -0.15) is 0 Å². The number of phenols is 1. The highest BCUT2D eigenvalue weighted by molar-refractivity contribution is 6.09. The Bertz CT molecular complexity index is 880. The topological polar surface area (TPSA) is 56.3 Å². The molecule has 0 aliphatic carbocycles. The van der Waals surface area contributed by atoms with Crippen LogP contribution in [-0.4, -0.2) is 22.9 Å². The monoisotopic (exact) mass is 304 g/mol. The van der Waals surface area contributed by atoms with Crippen molar-refractivity contribution in [1.82, 2.24) is 4.98 Å². The highest BCUT2D eigenvalue weighted by Crippen LogP contribution is 2.41. The number of carbonyl (C=O) groups is 1. The van der Waals surface area contributed by atoms with Gasteiger partial charge in [0.15, 0.2) is 0 Å². The van der Waals surface area contributed by atoms with Crippen molar-refractivity contribution in [2.75, 3.05) is 11.9 Å². The van der Waals surface area contributed by atoms with E-state index in [-0.39, 0.29) is 11.5 Å². The molecule has 0 amide bonds. The zero-order valence-electron chi connectivity index (χ0n) is 12.7. The molecule has 0 saturated carbocycles. The fourth-order valence-corrected chi connectivity index (χ4v) is 3.29. The second-order valence-electron chi connectivity index (χ2n) is 5.75. The van der Waals surface area contributed by atoms with Crippen LogP contribution >= 0.6 is 0 Å². The van der Waals surface area contributed by atoms with Crippen LogP contribution in [0.4, 0.5) is 5.69 Å². The molecule has 1 atom stereocenters. The fraction of sp³-hybridized carbons (Fsp3) is 0.105. The number of nitrogens with zero attached hydrogens (tertiary/aromatic N) is 1. The van der Waals surface area contributed by atoms with Crippen LogP contribution in [0.1, 0.15) is 22.1 Å². The summed E-state index contributed by atoms with van der Waals surface area (Å²) in [5.74, 6) is 0.216. The van der Waals surface area contributed by atoms with Gasteiger partial charge in [0.2, 0.25) is 5.78 Å². The summed E-state index contributed by atoms with van der Waals surface area (Å²) in [5.41, 5.74) is 4.46. The average Bonchev–Trinajstić information content (AvgIpc) is 3.03. The zero-order chi connectivity index (χ0) is 16.0. The quantitative estimate of drug-likeness (QED) is 0.719. The third-order valence-corrected chi connectivity index (χ3v) is 4.41. The van der Waals surface area contributed by atoms with Gasteiger partial charge in [0.25, 0.3) is 0 Å². The van der Waals surface area contributed by atoms with E-state index < -0.39 is 6.04 Å². The first-order valence-corrected chi connectivity index (χ1v) is 7.49. The highest BCUT2D eigenvalue weighted by Gasteiger charge is 2.33. The van der Waals surface area contributed by atoms with Crippen molar-refractivity contribution in [2.45, 2.75) is 6.04 Å². The number of aromatic nitrogens is 1. The van der Waals surface area contributed by atoms with E-state index in [9.17, 15) is 9.90 Å². The number of aromatic hydroxyl groups is 1. The molecule has 0 radical (unpaired) electrons. The molecule has 0 spiro atoms. The molecule has 2 aromatic carbocycles. The van der Waals surface area contributed by atoms with Crippen molar-refractivity contribution in [3.05, 3.63) is 72.1 Å². The van der Waals surface area contributed by atoms with Crippen LogP contribution in [0, 0.1) is 0 Å². The Morgan fingerprint density at radius 3 is 2.52 bits per heavy atom. The predicted molar refractivity (Wildman–Crippen MR) is 89.8 cm³/mol. The maximum absolute atomic E-state index is 13.1. The molecule has 2 heterocycles. The Hall–Kier alpha value is -3.01. The van der Waals surface area contributed by atoms with Crippen molar-refractivity contribution in [1.29, 1.82) is 0 Å². The number of fused-ring (bicyclic) bond motifs is 3. The molecule has 0 saturated heterocycles. The minimum atomic E-state index is -0.434. The lowest BCUT2D eigenvalue weighted by Crippen LogP contribution is -2.30. The second-order valence-corrected chi connectivity index (χ2v) is 5.75. The summed E-state index contributed by atoms with van der Waals surface area (Å²) in [6.45, 7) is 0. The number of ketones is 1. The Labute approximate surface area is 134 Å². The van der Waals surface area contributed by atoms with E-state index in [0.717, 1.165) is 22.4 Å². The number of likely N-dealkylation sites (N-methyl/N-ethyl adjacent to an activating group) is 1. The number of carbonyl (C=O) groups excluding carboxylic acids is 1. The molecule has 3 aromatic rings. The lowest BCUT2D eigenvalue weighted by atomic mass is 9.98. The number of hydrogen-bond acceptors (Lipinski definition) is 3. The van der Waals surface area contributed by atoms with Crippen molar-refractivity contribution < 1.29 is 9.90 Å². The second kappa shape index (κ2) is 5.02. The predicted octanol–water partition coefficient (Wildman–Crippen LogP) is 3.76. The number of nitrogens with one attached hydrogen (secondary N) is 1. The SMILES string of the molecule is CN1c2ccccc2-c2cc[nH]c2C(=O)[C@@H]1c1ccc(O)cc1. The standard InChI is InChI=1S/C19H16N2O2/c1-21-16-5-3-2-4-14(16)15-10-11-20-17(15)19(23)18(21)12-6-8-13(22)9-7-12/h2-11,18,20,22H,1H3/t18-/m0/s1. The van der Waals surface area contributed by atoms with E-state index in [1.54, 1.807) is 30.5 Å². The Morgan fingerprint density at radius 2 is 1.74 bits per heavy atom. The van der Waals surface area contributed by atoms with E-state index in [2.05, 4.69) is 4.98 Å². The number of rotatable bonds is 1. The summed E-state index contributed by atoms with van der Waals surface area (Å²) in [7, 11) is 1.93. The normalized spacial score (nSPS) is 16.7. The molecule has 1 aliphatic rings. The summed E-state index contributed by atoms with van der Waals surface area (Å²) < 4.78 is 0. The van der Waals surface area contributed by atoms with Gasteiger partial charge < -0.3 is 15.0 Å². The van der Waals surface area contributed by atoms with Crippen molar-refractivity contribution in [2.24, 2.45) is 0 Å². The Morgan fingerprint density at radius 1 is 1.00 bits per heavy atom. The molecule has 4 rings (SSSR count). The van der Waals surface area contributed by atoms with Gasteiger partial charge in [0.1, 0.15) is 11.8 Å². The first-order valence-electron chi connectivity index (χ1n) is 7.49. The largest absolute Gasteiger partial charge is 0.508 e. The maximum atomic E-state index is 13.1. The molecule has 23 heavy (non-hydrogen) atoms. The average molecular weight is 304 g/mol. The van der Waals surface area contributed by atoms with Crippen molar-refractivity contribution >= 4 is 11.5 Å². The van der Waals surface area contributed by atoms with Crippen LogP contribution in [0.5, 0.6) is 5.75 Å². The maximum Gasteiger partial charge on any atom is 0.206 e. The smallest absolute Gasteiger partial charge is 0.206 e. The number of hydrogen-bond donors (Lipinski definition) is 2. The lowest BCUT2D eigenvalue weighted by Gasteiger charge is -2.28. The molecule has 0 bridgehead atoms. The third-order valence-electron chi connectivity index (χ3n) is 4.41.